The van der Waals surface area contributed by atoms with Gasteiger partial charge in [0.25, 0.3) is 0 Å². The Morgan fingerprint density at radius 2 is 2.27 bits per heavy atom. The van der Waals surface area contributed by atoms with Gasteiger partial charge in [-0.05, 0) is 6.92 Å². The van der Waals surface area contributed by atoms with Gasteiger partial charge in [0.05, 0.1) is 10.7 Å². The molecular weight excluding hydrogens is 214 g/mol. The van der Waals surface area contributed by atoms with E-state index in [2.05, 4.69) is 4.98 Å². The number of methoxy groups -OCH3 is 1. The van der Waals surface area contributed by atoms with E-state index in [0.29, 0.717) is 0 Å². The van der Waals surface area contributed by atoms with Crippen LogP contribution in [0.1, 0.15) is 24.5 Å². The minimum Gasteiger partial charge on any atom is -0.479 e. The Morgan fingerprint density at radius 1 is 1.67 bits per heavy atom. The molecule has 84 valence electrons. The van der Waals surface area contributed by atoms with Crippen LogP contribution in [0.2, 0.25) is 0 Å². The van der Waals surface area contributed by atoms with Gasteiger partial charge in [-0.15, -0.1) is 11.3 Å². The maximum absolute atomic E-state index is 11.0. The fourth-order valence-corrected chi connectivity index (χ4v) is 2.29. The summed E-state index contributed by atoms with van der Waals surface area (Å²) >= 11 is 1.51. The Morgan fingerprint density at radius 3 is 2.60 bits per heavy atom. The molecule has 0 saturated heterocycles. The van der Waals surface area contributed by atoms with Crippen LogP contribution < -0.4 is 0 Å². The van der Waals surface area contributed by atoms with Crippen LogP contribution in [0.5, 0.6) is 0 Å². The van der Waals surface area contributed by atoms with Crippen LogP contribution in [-0.2, 0) is 14.9 Å². The van der Waals surface area contributed by atoms with Crippen molar-refractivity contribution in [3.05, 3.63) is 16.1 Å². The van der Waals surface area contributed by atoms with Crippen molar-refractivity contribution in [1.82, 2.24) is 4.98 Å². The predicted octanol–water partition coefficient (Wildman–Crippen LogP) is 1.83. The minimum absolute atomic E-state index is 0.620. The molecule has 0 bridgehead atoms. The molecule has 1 rings (SSSR count). The van der Waals surface area contributed by atoms with Crippen LogP contribution in [0.15, 0.2) is 5.38 Å². The Bertz CT molecular complexity index is 359. The largest absolute Gasteiger partial charge is 0.479 e. The molecule has 0 saturated carbocycles. The van der Waals surface area contributed by atoms with Gasteiger partial charge >= 0.3 is 5.97 Å². The summed E-state index contributed by atoms with van der Waals surface area (Å²) in [7, 11) is 1.40. The van der Waals surface area contributed by atoms with E-state index in [9.17, 15) is 4.79 Å². The first-order valence-electron chi connectivity index (χ1n) is 4.57. The maximum Gasteiger partial charge on any atom is 0.333 e. The number of rotatable bonds is 4. The smallest absolute Gasteiger partial charge is 0.333 e. The SMILES string of the molecule is COC(C(=O)O)C(C)(C)c1csc(C)n1. The third kappa shape index (κ3) is 2.35. The van der Waals surface area contributed by atoms with Crippen molar-refractivity contribution in [2.75, 3.05) is 7.11 Å². The molecule has 1 heterocycles. The first-order chi connectivity index (χ1) is 6.89. The van der Waals surface area contributed by atoms with E-state index in [-0.39, 0.29) is 0 Å². The number of carboxylic acid groups (broad SMARTS) is 1. The van der Waals surface area contributed by atoms with E-state index < -0.39 is 17.5 Å². The fourth-order valence-electron chi connectivity index (χ4n) is 1.50. The third-order valence-corrected chi connectivity index (χ3v) is 3.17. The molecule has 1 atom stereocenters. The molecule has 5 heteroatoms. The second-order valence-corrected chi connectivity index (χ2v) is 4.99. The van der Waals surface area contributed by atoms with Crippen molar-refractivity contribution in [2.45, 2.75) is 32.3 Å². The predicted molar refractivity (Wildman–Crippen MR) is 58.3 cm³/mol. The molecule has 4 nitrogen and oxygen atoms in total. The normalized spacial score (nSPS) is 13.9. The molecule has 1 aromatic heterocycles. The number of carboxylic acids is 1. The zero-order valence-electron chi connectivity index (χ0n) is 9.27. The quantitative estimate of drug-likeness (QED) is 0.855. The average molecular weight is 229 g/mol. The zero-order chi connectivity index (χ0) is 11.6. The molecular formula is C10H15NO3S. The van der Waals surface area contributed by atoms with E-state index in [4.69, 9.17) is 9.84 Å². The van der Waals surface area contributed by atoms with Gasteiger partial charge in [0.15, 0.2) is 6.10 Å². The van der Waals surface area contributed by atoms with Crippen LogP contribution in [0.3, 0.4) is 0 Å². The van der Waals surface area contributed by atoms with Gasteiger partial charge in [-0.2, -0.15) is 0 Å². The van der Waals surface area contributed by atoms with Crippen molar-refractivity contribution < 1.29 is 14.6 Å². The van der Waals surface area contributed by atoms with Crippen LogP contribution in [0, 0.1) is 6.92 Å². The van der Waals surface area contributed by atoms with Crippen LogP contribution in [0.25, 0.3) is 0 Å². The topological polar surface area (TPSA) is 59.4 Å². The number of aliphatic carboxylic acids is 1. The standard InChI is InChI=1S/C10H15NO3S/c1-6-11-7(5-15-6)10(2,3)8(14-4)9(12)13/h5,8H,1-4H3,(H,12,13). The van der Waals surface area contributed by atoms with E-state index in [1.54, 1.807) is 0 Å². The Kier molecular flexibility index (Phi) is 3.46. The van der Waals surface area contributed by atoms with Gasteiger partial charge in [-0.25, -0.2) is 9.78 Å². The van der Waals surface area contributed by atoms with Crippen LogP contribution >= 0.6 is 11.3 Å². The molecule has 0 amide bonds. The van der Waals surface area contributed by atoms with Crippen LogP contribution in [0.4, 0.5) is 0 Å². The Labute approximate surface area is 92.9 Å². The molecule has 0 aliphatic rings. The summed E-state index contributed by atoms with van der Waals surface area (Å²) in [5.41, 5.74) is 0.143. The van der Waals surface area contributed by atoms with Crippen LogP contribution in [-0.4, -0.2) is 29.3 Å². The number of thiazole rings is 1. The summed E-state index contributed by atoms with van der Waals surface area (Å²) in [6.07, 6.45) is -0.876. The molecule has 0 aliphatic carbocycles. The highest BCUT2D eigenvalue weighted by molar-refractivity contribution is 7.09. The van der Waals surface area contributed by atoms with Gasteiger partial charge in [0.1, 0.15) is 0 Å². The number of carbonyl (C=O) groups is 1. The number of aryl methyl sites for hydroxylation is 1. The zero-order valence-corrected chi connectivity index (χ0v) is 10.1. The van der Waals surface area contributed by atoms with Crippen molar-refractivity contribution >= 4 is 17.3 Å². The lowest BCUT2D eigenvalue weighted by molar-refractivity contribution is -0.152. The molecule has 1 N–H and O–H groups in total. The second kappa shape index (κ2) is 4.28. The number of hydrogen-bond donors (Lipinski definition) is 1. The number of nitrogens with zero attached hydrogens (tertiary/aromatic N) is 1. The highest BCUT2D eigenvalue weighted by Gasteiger charge is 2.38. The van der Waals surface area contributed by atoms with E-state index in [1.807, 2.05) is 26.2 Å². The van der Waals surface area contributed by atoms with E-state index >= 15 is 0 Å². The summed E-state index contributed by atoms with van der Waals surface area (Å²) in [6, 6.07) is 0. The third-order valence-electron chi connectivity index (χ3n) is 2.39. The van der Waals surface area contributed by atoms with E-state index in [1.165, 1.54) is 18.4 Å². The molecule has 0 radical (unpaired) electrons. The van der Waals surface area contributed by atoms with Crippen molar-refractivity contribution in [3.63, 3.8) is 0 Å². The molecule has 1 aromatic rings. The molecule has 15 heavy (non-hydrogen) atoms. The lowest BCUT2D eigenvalue weighted by Gasteiger charge is -2.28. The van der Waals surface area contributed by atoms with Gasteiger partial charge in [-0.3, -0.25) is 0 Å². The monoisotopic (exact) mass is 229 g/mol. The summed E-state index contributed by atoms with van der Waals surface area (Å²) < 4.78 is 5.01. The number of hydrogen-bond acceptors (Lipinski definition) is 4. The summed E-state index contributed by atoms with van der Waals surface area (Å²) in [4.78, 5) is 15.3. The van der Waals surface area contributed by atoms with Gasteiger partial charge in [0.2, 0.25) is 0 Å². The summed E-state index contributed by atoms with van der Waals surface area (Å²) in [5, 5.41) is 11.8. The average Bonchev–Trinajstić information content (AvgIpc) is 2.52. The molecule has 0 aromatic carbocycles. The first kappa shape index (κ1) is 12.1. The molecule has 1 unspecified atom stereocenters. The number of ether oxygens (including phenoxy) is 1. The Balaban J connectivity index is 3.04. The van der Waals surface area contributed by atoms with E-state index in [0.717, 1.165) is 10.7 Å². The van der Waals surface area contributed by atoms with Gasteiger partial charge in [0, 0.05) is 17.9 Å². The summed E-state index contributed by atoms with van der Waals surface area (Å²) in [6.45, 7) is 5.54. The van der Waals surface area contributed by atoms with Crippen molar-refractivity contribution in [2.24, 2.45) is 0 Å². The Hall–Kier alpha value is -0.940. The number of aromatic nitrogens is 1. The highest BCUT2D eigenvalue weighted by Crippen LogP contribution is 2.29. The highest BCUT2D eigenvalue weighted by atomic mass is 32.1. The second-order valence-electron chi connectivity index (χ2n) is 3.93. The molecule has 0 fully saturated rings. The fraction of sp³-hybridized carbons (Fsp3) is 0.600. The van der Waals surface area contributed by atoms with Crippen molar-refractivity contribution in [1.29, 1.82) is 0 Å². The van der Waals surface area contributed by atoms with Gasteiger partial charge < -0.3 is 9.84 Å². The summed E-state index contributed by atoms with van der Waals surface area (Å²) in [5.74, 6) is -0.965. The molecule has 0 aliphatic heterocycles. The minimum atomic E-state index is -0.965. The van der Waals surface area contributed by atoms with Gasteiger partial charge in [-0.1, -0.05) is 13.8 Å². The lowest BCUT2D eigenvalue weighted by atomic mass is 9.83. The molecule has 0 spiro atoms. The first-order valence-corrected chi connectivity index (χ1v) is 5.45. The van der Waals surface area contributed by atoms with Crippen molar-refractivity contribution in [3.8, 4) is 0 Å². The maximum atomic E-state index is 11.0. The lowest BCUT2D eigenvalue weighted by Crippen LogP contribution is -2.41.